The number of ether oxygens (including phenoxy) is 2. The molecule has 90 valence electrons. The van der Waals surface area contributed by atoms with Crippen LogP contribution in [0.2, 0.25) is 0 Å². The molecule has 4 heteroatoms. The summed E-state index contributed by atoms with van der Waals surface area (Å²) in [5.74, 6) is 0.758. The van der Waals surface area contributed by atoms with Gasteiger partial charge >= 0.3 is 0 Å². The van der Waals surface area contributed by atoms with Gasteiger partial charge in [0.1, 0.15) is 5.75 Å². The predicted molar refractivity (Wildman–Crippen MR) is 67.0 cm³/mol. The molecule has 0 atom stereocenters. The first-order valence-corrected chi connectivity index (χ1v) is 5.21. The summed E-state index contributed by atoms with van der Waals surface area (Å²) in [6, 6.07) is 5.57. The third-order valence-electron chi connectivity index (χ3n) is 2.52. The van der Waals surface area contributed by atoms with Crippen LogP contribution in [0, 0.1) is 0 Å². The smallest absolute Gasteiger partial charge is 0.121 e. The minimum atomic E-state index is -0.216. The van der Waals surface area contributed by atoms with Crippen molar-refractivity contribution in [2.24, 2.45) is 0 Å². The van der Waals surface area contributed by atoms with Crippen molar-refractivity contribution < 1.29 is 9.47 Å². The lowest BCUT2D eigenvalue weighted by Crippen LogP contribution is -2.32. The SMILES string of the molecule is COc1ccc(NCC(C)(C)OC)c(N)c1. The summed E-state index contributed by atoms with van der Waals surface area (Å²) in [4.78, 5) is 0. The van der Waals surface area contributed by atoms with Crippen molar-refractivity contribution >= 4 is 11.4 Å². The lowest BCUT2D eigenvalue weighted by atomic mass is 10.1. The Hall–Kier alpha value is -1.42. The van der Waals surface area contributed by atoms with E-state index in [2.05, 4.69) is 5.32 Å². The van der Waals surface area contributed by atoms with Gasteiger partial charge in [-0.3, -0.25) is 0 Å². The molecule has 0 aliphatic heterocycles. The van der Waals surface area contributed by atoms with Gasteiger partial charge in [0.2, 0.25) is 0 Å². The number of nitrogen functional groups attached to an aromatic ring is 1. The molecule has 3 N–H and O–H groups in total. The highest BCUT2D eigenvalue weighted by atomic mass is 16.5. The van der Waals surface area contributed by atoms with Crippen LogP contribution in [-0.4, -0.2) is 26.4 Å². The van der Waals surface area contributed by atoms with Crippen LogP contribution in [0.4, 0.5) is 11.4 Å². The van der Waals surface area contributed by atoms with Crippen molar-refractivity contribution in [1.82, 2.24) is 0 Å². The molecule has 0 aromatic heterocycles. The topological polar surface area (TPSA) is 56.5 Å². The first-order chi connectivity index (χ1) is 7.48. The highest BCUT2D eigenvalue weighted by Crippen LogP contribution is 2.24. The molecule has 1 aromatic carbocycles. The van der Waals surface area contributed by atoms with Gasteiger partial charge < -0.3 is 20.5 Å². The van der Waals surface area contributed by atoms with Gasteiger partial charge in [-0.2, -0.15) is 0 Å². The largest absolute Gasteiger partial charge is 0.497 e. The van der Waals surface area contributed by atoms with Gasteiger partial charge in [-0.15, -0.1) is 0 Å². The number of nitrogens with two attached hydrogens (primary N) is 1. The zero-order chi connectivity index (χ0) is 12.2. The van der Waals surface area contributed by atoms with Gasteiger partial charge in [0.05, 0.1) is 24.1 Å². The van der Waals surface area contributed by atoms with Crippen LogP contribution >= 0.6 is 0 Å². The van der Waals surface area contributed by atoms with Crippen molar-refractivity contribution in [3.05, 3.63) is 18.2 Å². The molecule has 0 unspecified atom stereocenters. The predicted octanol–water partition coefficient (Wildman–Crippen LogP) is 2.11. The van der Waals surface area contributed by atoms with Gasteiger partial charge in [0.15, 0.2) is 0 Å². The Kier molecular flexibility index (Phi) is 4.01. The third kappa shape index (κ3) is 3.31. The second kappa shape index (κ2) is 5.07. The normalized spacial score (nSPS) is 11.2. The van der Waals surface area contributed by atoms with Crippen molar-refractivity contribution in [2.75, 3.05) is 31.8 Å². The van der Waals surface area contributed by atoms with E-state index in [4.69, 9.17) is 15.2 Å². The van der Waals surface area contributed by atoms with E-state index in [9.17, 15) is 0 Å². The summed E-state index contributed by atoms with van der Waals surface area (Å²) in [7, 11) is 3.31. The fourth-order valence-corrected chi connectivity index (χ4v) is 1.21. The van der Waals surface area contributed by atoms with E-state index in [-0.39, 0.29) is 5.60 Å². The van der Waals surface area contributed by atoms with E-state index < -0.39 is 0 Å². The summed E-state index contributed by atoms with van der Waals surface area (Å²) in [6.45, 7) is 4.72. The highest BCUT2D eigenvalue weighted by molar-refractivity contribution is 5.68. The molecule has 0 heterocycles. The molecule has 4 nitrogen and oxygen atoms in total. The number of rotatable bonds is 5. The summed E-state index contributed by atoms with van der Waals surface area (Å²) in [5.41, 5.74) is 7.24. The van der Waals surface area contributed by atoms with E-state index in [0.29, 0.717) is 12.2 Å². The Bertz CT molecular complexity index is 351. The molecule has 0 aliphatic rings. The summed E-state index contributed by atoms with van der Waals surface area (Å²) in [5, 5.41) is 3.25. The zero-order valence-corrected chi connectivity index (χ0v) is 10.3. The highest BCUT2D eigenvalue weighted by Gasteiger charge is 2.16. The molecule has 0 aliphatic carbocycles. The molecule has 0 spiro atoms. The van der Waals surface area contributed by atoms with Crippen molar-refractivity contribution in [1.29, 1.82) is 0 Å². The second-order valence-electron chi connectivity index (χ2n) is 4.27. The third-order valence-corrected chi connectivity index (χ3v) is 2.52. The van der Waals surface area contributed by atoms with E-state index in [0.717, 1.165) is 11.4 Å². The molecule has 0 bridgehead atoms. The zero-order valence-electron chi connectivity index (χ0n) is 10.3. The van der Waals surface area contributed by atoms with E-state index in [1.54, 1.807) is 20.3 Å². The fraction of sp³-hybridized carbons (Fsp3) is 0.500. The lowest BCUT2D eigenvalue weighted by molar-refractivity contribution is 0.0344. The molecule has 0 amide bonds. The molecule has 0 radical (unpaired) electrons. The maximum atomic E-state index is 5.88. The number of benzene rings is 1. The van der Waals surface area contributed by atoms with Crippen LogP contribution in [0.25, 0.3) is 0 Å². The van der Waals surface area contributed by atoms with Crippen LogP contribution in [0.15, 0.2) is 18.2 Å². The molecule has 0 saturated carbocycles. The van der Waals surface area contributed by atoms with Gasteiger partial charge in [0.25, 0.3) is 0 Å². The minimum Gasteiger partial charge on any atom is -0.497 e. The maximum Gasteiger partial charge on any atom is 0.121 e. The minimum absolute atomic E-state index is 0.216. The van der Waals surface area contributed by atoms with Gasteiger partial charge in [-0.05, 0) is 26.0 Å². The second-order valence-corrected chi connectivity index (χ2v) is 4.27. The van der Waals surface area contributed by atoms with Crippen molar-refractivity contribution in [3.63, 3.8) is 0 Å². The van der Waals surface area contributed by atoms with E-state index >= 15 is 0 Å². The van der Waals surface area contributed by atoms with Crippen LogP contribution in [-0.2, 0) is 4.74 Å². The Morgan fingerprint density at radius 2 is 2.00 bits per heavy atom. The van der Waals surface area contributed by atoms with Crippen molar-refractivity contribution in [2.45, 2.75) is 19.4 Å². The fourth-order valence-electron chi connectivity index (χ4n) is 1.21. The molecule has 1 aromatic rings. The number of nitrogens with one attached hydrogen (secondary N) is 1. The lowest BCUT2D eigenvalue weighted by Gasteiger charge is -2.24. The van der Waals surface area contributed by atoms with Crippen LogP contribution in [0.1, 0.15) is 13.8 Å². The molecule has 1 rings (SSSR count). The number of anilines is 2. The van der Waals surface area contributed by atoms with Crippen LogP contribution < -0.4 is 15.8 Å². The molecule has 0 fully saturated rings. The Labute approximate surface area is 96.7 Å². The molecule has 16 heavy (non-hydrogen) atoms. The van der Waals surface area contributed by atoms with Crippen LogP contribution in [0.5, 0.6) is 5.75 Å². The van der Waals surface area contributed by atoms with Gasteiger partial charge in [-0.1, -0.05) is 0 Å². The summed E-state index contributed by atoms with van der Waals surface area (Å²) >= 11 is 0. The van der Waals surface area contributed by atoms with Crippen LogP contribution in [0.3, 0.4) is 0 Å². The van der Waals surface area contributed by atoms with Gasteiger partial charge in [-0.25, -0.2) is 0 Å². The number of hydrogen-bond acceptors (Lipinski definition) is 4. The first kappa shape index (κ1) is 12.6. The number of methoxy groups -OCH3 is 2. The summed E-state index contributed by atoms with van der Waals surface area (Å²) < 4.78 is 10.4. The van der Waals surface area contributed by atoms with Crippen molar-refractivity contribution in [3.8, 4) is 5.75 Å². The maximum absolute atomic E-state index is 5.88. The monoisotopic (exact) mass is 224 g/mol. The first-order valence-electron chi connectivity index (χ1n) is 5.21. The van der Waals surface area contributed by atoms with E-state index in [1.165, 1.54) is 0 Å². The Balaban J connectivity index is 2.68. The summed E-state index contributed by atoms with van der Waals surface area (Å²) in [6.07, 6.45) is 0. The molecular weight excluding hydrogens is 204 g/mol. The Morgan fingerprint density at radius 1 is 1.31 bits per heavy atom. The number of hydrogen-bond donors (Lipinski definition) is 2. The van der Waals surface area contributed by atoms with E-state index in [1.807, 2.05) is 26.0 Å². The molecular formula is C12H20N2O2. The standard InChI is InChI=1S/C12H20N2O2/c1-12(2,16-4)8-14-11-6-5-9(15-3)7-10(11)13/h5-7,14H,8,13H2,1-4H3. The molecule has 0 saturated heterocycles. The van der Waals surface area contributed by atoms with Gasteiger partial charge in [0, 0.05) is 19.7 Å². The average molecular weight is 224 g/mol. The Morgan fingerprint density at radius 3 is 2.50 bits per heavy atom. The quantitative estimate of drug-likeness (QED) is 0.752. The average Bonchev–Trinajstić information content (AvgIpc) is 2.27.